The fourth-order valence-electron chi connectivity index (χ4n) is 2.17. The number of amides is 2. The molecule has 0 aliphatic heterocycles. The highest BCUT2D eigenvalue weighted by Crippen LogP contribution is 2.00. The van der Waals surface area contributed by atoms with Crippen LogP contribution in [0.1, 0.15) is 24.2 Å². The number of nitrogens with two attached hydrogens (primary N) is 2. The van der Waals surface area contributed by atoms with Gasteiger partial charge in [0.25, 0.3) is 0 Å². The van der Waals surface area contributed by atoms with E-state index in [9.17, 15) is 14.4 Å². The van der Waals surface area contributed by atoms with Crippen molar-refractivity contribution in [1.29, 1.82) is 0 Å². The van der Waals surface area contributed by atoms with Crippen LogP contribution in [-0.2, 0) is 22.4 Å². The molecule has 5 N–H and O–H groups in total. The number of rotatable bonds is 9. The predicted molar refractivity (Wildman–Crippen MR) is 91.9 cm³/mol. The zero-order valence-corrected chi connectivity index (χ0v) is 14.2. The van der Waals surface area contributed by atoms with Gasteiger partial charge >= 0.3 is 6.03 Å². The molecule has 1 aromatic carbocycles. The zero-order chi connectivity index (χ0) is 18.9. The average molecular weight is 359 g/mol. The van der Waals surface area contributed by atoms with Gasteiger partial charge < -0.3 is 16.8 Å². The average Bonchev–Trinajstić information content (AvgIpc) is 3.09. The Bertz CT molecular complexity index is 760. The van der Waals surface area contributed by atoms with Gasteiger partial charge in [-0.3, -0.25) is 9.59 Å². The molecule has 138 valence electrons. The second-order valence-electron chi connectivity index (χ2n) is 5.72. The van der Waals surface area contributed by atoms with E-state index in [4.69, 9.17) is 11.5 Å². The van der Waals surface area contributed by atoms with Crippen molar-refractivity contribution in [2.75, 3.05) is 6.54 Å². The minimum atomic E-state index is -0.839. The Labute approximate surface area is 149 Å². The van der Waals surface area contributed by atoms with Gasteiger partial charge in [0.1, 0.15) is 0 Å². The van der Waals surface area contributed by atoms with Crippen LogP contribution in [0.3, 0.4) is 0 Å². The smallest absolute Gasteiger partial charge is 0.360 e. The summed E-state index contributed by atoms with van der Waals surface area (Å²) in [6.45, 7) is 0.413. The molecular weight excluding hydrogens is 338 g/mol. The maximum Gasteiger partial charge on any atom is 0.360 e. The first-order valence-corrected chi connectivity index (χ1v) is 8.13. The van der Waals surface area contributed by atoms with Crippen LogP contribution in [0.15, 0.2) is 30.3 Å². The molecule has 0 bridgehead atoms. The molecule has 2 rings (SSSR count). The number of hydrogen-bond donors (Lipinski definition) is 3. The van der Waals surface area contributed by atoms with Crippen molar-refractivity contribution in [3.63, 3.8) is 0 Å². The van der Waals surface area contributed by atoms with Crippen molar-refractivity contribution in [3.05, 3.63) is 41.7 Å². The van der Waals surface area contributed by atoms with E-state index in [1.54, 1.807) is 0 Å². The van der Waals surface area contributed by atoms with Crippen LogP contribution in [-0.4, -0.2) is 50.5 Å². The Morgan fingerprint density at radius 1 is 1.19 bits per heavy atom. The normalized spacial score (nSPS) is 11.7. The Morgan fingerprint density at radius 2 is 1.92 bits per heavy atom. The van der Waals surface area contributed by atoms with Crippen LogP contribution in [0, 0.1) is 0 Å². The third kappa shape index (κ3) is 6.06. The number of primary amides is 1. The van der Waals surface area contributed by atoms with E-state index in [1.807, 2.05) is 30.3 Å². The third-order valence-corrected chi connectivity index (χ3v) is 3.62. The molecule has 1 heterocycles. The summed E-state index contributed by atoms with van der Waals surface area (Å²) in [5.41, 5.74) is 11.8. The second kappa shape index (κ2) is 9.37. The molecule has 2 amide bonds. The van der Waals surface area contributed by atoms with Gasteiger partial charge in [-0.2, -0.15) is 0 Å². The topological polar surface area (TPSA) is 159 Å². The van der Waals surface area contributed by atoms with E-state index in [0.717, 1.165) is 10.4 Å². The molecule has 0 aliphatic carbocycles. The zero-order valence-electron chi connectivity index (χ0n) is 14.2. The number of aromatic nitrogens is 4. The molecule has 0 unspecified atom stereocenters. The number of nitrogens with zero attached hydrogens (tertiary/aromatic N) is 4. The fourth-order valence-corrected chi connectivity index (χ4v) is 2.17. The summed E-state index contributed by atoms with van der Waals surface area (Å²) in [6, 6.07) is 8.32. The van der Waals surface area contributed by atoms with Crippen LogP contribution in [0.4, 0.5) is 4.79 Å². The lowest BCUT2D eigenvalue weighted by Gasteiger charge is -2.07. The Kier molecular flexibility index (Phi) is 6.92. The quantitative estimate of drug-likeness (QED) is 0.527. The van der Waals surface area contributed by atoms with Gasteiger partial charge in [-0.25, -0.2) is 4.79 Å². The molecule has 1 atom stereocenters. The number of carbonyl (C=O) groups is 3. The second-order valence-corrected chi connectivity index (χ2v) is 5.72. The highest BCUT2D eigenvalue weighted by atomic mass is 16.2. The number of hydrogen-bond acceptors (Lipinski definition) is 7. The van der Waals surface area contributed by atoms with E-state index >= 15 is 0 Å². The molecular formula is C16H21N7O3. The largest absolute Gasteiger partial charge is 0.370 e. The Morgan fingerprint density at radius 3 is 2.62 bits per heavy atom. The first kappa shape index (κ1) is 19.2. The van der Waals surface area contributed by atoms with E-state index in [2.05, 4.69) is 20.7 Å². The Hall–Kier alpha value is -3.14. The molecule has 10 heteroatoms. The summed E-state index contributed by atoms with van der Waals surface area (Å²) >= 11 is 0. The van der Waals surface area contributed by atoms with Crippen molar-refractivity contribution in [1.82, 2.24) is 25.5 Å². The lowest BCUT2D eigenvalue weighted by molar-refractivity contribution is -0.120. The van der Waals surface area contributed by atoms with Crippen molar-refractivity contribution in [2.24, 2.45) is 11.5 Å². The van der Waals surface area contributed by atoms with E-state index in [1.165, 1.54) is 0 Å². The molecule has 0 fully saturated rings. The molecule has 0 saturated carbocycles. The van der Waals surface area contributed by atoms with Gasteiger partial charge in [0, 0.05) is 13.0 Å². The first-order chi connectivity index (χ1) is 12.5. The number of benzene rings is 1. The van der Waals surface area contributed by atoms with Crippen LogP contribution in [0.5, 0.6) is 0 Å². The summed E-state index contributed by atoms with van der Waals surface area (Å²) < 4.78 is 0. The van der Waals surface area contributed by atoms with Gasteiger partial charge in [-0.1, -0.05) is 35.1 Å². The number of nitrogens with one attached hydrogen (secondary N) is 1. The van der Waals surface area contributed by atoms with Crippen molar-refractivity contribution < 1.29 is 14.4 Å². The summed E-state index contributed by atoms with van der Waals surface area (Å²) in [7, 11) is 0. The standard InChI is InChI=1S/C16H21N7O3/c17-12(6-7-14(18)25)13(24)10-15-20-22-23(21-15)16(26)19-9-8-11-4-2-1-3-5-11/h1-5,12H,6-10,17H2,(H2,18,25)(H,19,26)/t12-/m0/s1. The van der Waals surface area contributed by atoms with E-state index in [-0.39, 0.29) is 30.9 Å². The van der Waals surface area contributed by atoms with E-state index in [0.29, 0.717) is 13.0 Å². The molecule has 2 aromatic rings. The molecule has 1 aromatic heterocycles. The van der Waals surface area contributed by atoms with Gasteiger partial charge in [0.2, 0.25) is 5.91 Å². The summed E-state index contributed by atoms with van der Waals surface area (Å²) in [5.74, 6) is -0.789. The molecule has 26 heavy (non-hydrogen) atoms. The van der Waals surface area contributed by atoms with Gasteiger partial charge in [-0.05, 0) is 23.6 Å². The minimum Gasteiger partial charge on any atom is -0.370 e. The van der Waals surface area contributed by atoms with Crippen LogP contribution in [0.2, 0.25) is 0 Å². The van der Waals surface area contributed by atoms with Crippen molar-refractivity contribution in [3.8, 4) is 0 Å². The lowest BCUT2D eigenvalue weighted by Crippen LogP contribution is -2.33. The van der Waals surface area contributed by atoms with E-state index < -0.39 is 18.0 Å². The maximum atomic E-state index is 12.0. The lowest BCUT2D eigenvalue weighted by atomic mass is 10.1. The molecule has 0 spiro atoms. The predicted octanol–water partition coefficient (Wildman–Crippen LogP) is -0.822. The molecule has 0 radical (unpaired) electrons. The van der Waals surface area contributed by atoms with Crippen molar-refractivity contribution in [2.45, 2.75) is 31.7 Å². The monoisotopic (exact) mass is 359 g/mol. The SMILES string of the molecule is NC(=O)CC[C@H](N)C(=O)Cc1nnn(C(=O)NCCc2ccccc2)n1. The summed E-state index contributed by atoms with van der Waals surface area (Å²) in [5, 5.41) is 13.8. The van der Waals surface area contributed by atoms with Crippen LogP contribution >= 0.6 is 0 Å². The van der Waals surface area contributed by atoms with Gasteiger partial charge in [-0.15, -0.1) is 10.2 Å². The molecule has 10 nitrogen and oxygen atoms in total. The molecule has 0 aliphatic rings. The summed E-state index contributed by atoms with van der Waals surface area (Å²) in [6.07, 6.45) is 0.678. The minimum absolute atomic E-state index is 0.0246. The number of tetrazole rings is 1. The molecule has 0 saturated heterocycles. The maximum absolute atomic E-state index is 12.0. The number of ketones is 1. The fraction of sp³-hybridized carbons (Fsp3) is 0.375. The highest BCUT2D eigenvalue weighted by Gasteiger charge is 2.18. The van der Waals surface area contributed by atoms with Gasteiger partial charge in [0.05, 0.1) is 12.5 Å². The first-order valence-electron chi connectivity index (χ1n) is 8.13. The van der Waals surface area contributed by atoms with Gasteiger partial charge in [0.15, 0.2) is 11.6 Å². The van der Waals surface area contributed by atoms with Crippen LogP contribution < -0.4 is 16.8 Å². The van der Waals surface area contributed by atoms with Crippen LogP contribution in [0.25, 0.3) is 0 Å². The Balaban J connectivity index is 1.79. The third-order valence-electron chi connectivity index (χ3n) is 3.62. The number of carbonyl (C=O) groups excluding carboxylic acids is 3. The number of Topliss-reactive ketones (excluding diaryl/α,β-unsaturated/α-hetero) is 1. The summed E-state index contributed by atoms with van der Waals surface area (Å²) in [4.78, 5) is 35.4. The highest BCUT2D eigenvalue weighted by molar-refractivity contribution is 5.86. The van der Waals surface area contributed by atoms with Crippen molar-refractivity contribution >= 4 is 17.7 Å².